The van der Waals surface area contributed by atoms with E-state index in [9.17, 15) is 0 Å². The third-order valence-electron chi connectivity index (χ3n) is 5.01. The first-order valence-corrected chi connectivity index (χ1v) is 7.68. The van der Waals surface area contributed by atoms with Crippen molar-refractivity contribution in [1.29, 1.82) is 0 Å². The third-order valence-corrected chi connectivity index (χ3v) is 5.01. The lowest BCUT2D eigenvalue weighted by Gasteiger charge is -2.44. The summed E-state index contributed by atoms with van der Waals surface area (Å²) in [6.45, 7) is 7.03. The van der Waals surface area contributed by atoms with Gasteiger partial charge in [0.15, 0.2) is 0 Å². The number of rotatable bonds is 2. The molecule has 1 saturated heterocycles. The monoisotopic (exact) mass is 238 g/mol. The zero-order chi connectivity index (χ0) is 12.3. The highest BCUT2D eigenvalue weighted by Crippen LogP contribution is 2.32. The van der Waals surface area contributed by atoms with Gasteiger partial charge in [0.05, 0.1) is 0 Å². The number of nitrogens with two attached hydrogens (primary N) is 1. The van der Waals surface area contributed by atoms with Crippen LogP contribution in [0.4, 0.5) is 0 Å². The molecule has 2 N–H and O–H groups in total. The summed E-state index contributed by atoms with van der Waals surface area (Å²) in [5.74, 6) is 1.64. The molecule has 0 bridgehead atoms. The first kappa shape index (κ1) is 13.4. The Morgan fingerprint density at radius 1 is 1.00 bits per heavy atom. The maximum Gasteiger partial charge on any atom is 0.0138 e. The van der Waals surface area contributed by atoms with Crippen molar-refractivity contribution in [3.8, 4) is 0 Å². The summed E-state index contributed by atoms with van der Waals surface area (Å²) in [6.07, 6.45) is 9.78. The van der Waals surface area contributed by atoms with Crippen molar-refractivity contribution >= 4 is 0 Å². The SMILES string of the molecule is CC1CCC(C)N(C2CCCCCC2CN)C1. The van der Waals surface area contributed by atoms with E-state index < -0.39 is 0 Å². The minimum absolute atomic E-state index is 0.755. The predicted molar refractivity (Wildman–Crippen MR) is 74.0 cm³/mol. The van der Waals surface area contributed by atoms with Crippen molar-refractivity contribution in [3.63, 3.8) is 0 Å². The normalized spacial score (nSPS) is 41.1. The molecule has 0 aromatic rings. The van der Waals surface area contributed by atoms with Crippen LogP contribution in [0.1, 0.15) is 58.8 Å². The van der Waals surface area contributed by atoms with Crippen LogP contribution in [0.15, 0.2) is 0 Å². The van der Waals surface area contributed by atoms with Gasteiger partial charge in [-0.25, -0.2) is 0 Å². The molecule has 2 rings (SSSR count). The number of hydrogen-bond donors (Lipinski definition) is 1. The fourth-order valence-electron chi connectivity index (χ4n) is 3.86. The molecule has 1 saturated carbocycles. The van der Waals surface area contributed by atoms with Crippen LogP contribution in [-0.2, 0) is 0 Å². The summed E-state index contributed by atoms with van der Waals surface area (Å²) < 4.78 is 0. The van der Waals surface area contributed by atoms with Crippen LogP contribution in [0.25, 0.3) is 0 Å². The first-order valence-electron chi connectivity index (χ1n) is 7.68. The molecule has 1 aliphatic carbocycles. The topological polar surface area (TPSA) is 29.3 Å². The molecular weight excluding hydrogens is 208 g/mol. The smallest absolute Gasteiger partial charge is 0.0138 e. The lowest BCUT2D eigenvalue weighted by Crippen LogP contribution is -2.51. The fraction of sp³-hybridized carbons (Fsp3) is 1.00. The van der Waals surface area contributed by atoms with Crippen molar-refractivity contribution in [2.75, 3.05) is 13.1 Å². The number of piperidine rings is 1. The molecule has 4 unspecified atom stereocenters. The summed E-state index contributed by atoms with van der Waals surface area (Å²) in [7, 11) is 0. The zero-order valence-corrected chi connectivity index (χ0v) is 11.7. The molecule has 0 aromatic carbocycles. The average Bonchev–Trinajstić information content (AvgIpc) is 2.57. The molecule has 4 atom stereocenters. The summed E-state index contributed by atoms with van der Waals surface area (Å²) in [4.78, 5) is 2.80. The second-order valence-electron chi connectivity index (χ2n) is 6.43. The molecule has 2 fully saturated rings. The van der Waals surface area contributed by atoms with E-state index in [0.29, 0.717) is 0 Å². The van der Waals surface area contributed by atoms with Crippen molar-refractivity contribution < 1.29 is 0 Å². The summed E-state index contributed by atoms with van der Waals surface area (Å²) in [5.41, 5.74) is 6.02. The van der Waals surface area contributed by atoms with Gasteiger partial charge in [-0.2, -0.15) is 0 Å². The molecule has 0 spiro atoms. The van der Waals surface area contributed by atoms with E-state index in [1.807, 2.05) is 0 Å². The van der Waals surface area contributed by atoms with Crippen LogP contribution in [0, 0.1) is 11.8 Å². The van der Waals surface area contributed by atoms with Gasteiger partial charge in [-0.1, -0.05) is 26.2 Å². The van der Waals surface area contributed by atoms with Crippen LogP contribution in [-0.4, -0.2) is 30.1 Å². The molecule has 17 heavy (non-hydrogen) atoms. The van der Waals surface area contributed by atoms with Crippen LogP contribution in [0.3, 0.4) is 0 Å². The molecule has 0 amide bonds. The van der Waals surface area contributed by atoms with E-state index in [-0.39, 0.29) is 0 Å². The predicted octanol–water partition coefficient (Wildman–Crippen LogP) is 3.01. The largest absolute Gasteiger partial charge is 0.330 e. The quantitative estimate of drug-likeness (QED) is 0.749. The van der Waals surface area contributed by atoms with Crippen molar-refractivity contribution in [3.05, 3.63) is 0 Å². The lowest BCUT2D eigenvalue weighted by atomic mass is 9.87. The highest BCUT2D eigenvalue weighted by molar-refractivity contribution is 4.88. The highest BCUT2D eigenvalue weighted by Gasteiger charge is 2.33. The zero-order valence-electron chi connectivity index (χ0n) is 11.7. The highest BCUT2D eigenvalue weighted by atomic mass is 15.2. The van der Waals surface area contributed by atoms with Gasteiger partial charge in [0.25, 0.3) is 0 Å². The Hall–Kier alpha value is -0.0800. The van der Waals surface area contributed by atoms with E-state index in [1.54, 1.807) is 0 Å². The van der Waals surface area contributed by atoms with Crippen LogP contribution >= 0.6 is 0 Å². The van der Waals surface area contributed by atoms with Crippen LogP contribution < -0.4 is 5.73 Å². The average molecular weight is 238 g/mol. The Balaban J connectivity index is 2.05. The van der Waals surface area contributed by atoms with Gasteiger partial charge in [-0.15, -0.1) is 0 Å². The minimum atomic E-state index is 0.755. The van der Waals surface area contributed by atoms with Crippen molar-refractivity contribution in [2.45, 2.75) is 70.9 Å². The van der Waals surface area contributed by atoms with E-state index in [1.165, 1.54) is 51.5 Å². The van der Waals surface area contributed by atoms with E-state index >= 15 is 0 Å². The molecule has 2 aliphatic rings. The van der Waals surface area contributed by atoms with Gasteiger partial charge >= 0.3 is 0 Å². The van der Waals surface area contributed by atoms with Gasteiger partial charge in [0, 0.05) is 18.6 Å². The molecule has 2 heteroatoms. The summed E-state index contributed by atoms with van der Waals surface area (Å²) >= 11 is 0. The minimum Gasteiger partial charge on any atom is -0.330 e. The summed E-state index contributed by atoms with van der Waals surface area (Å²) in [5, 5.41) is 0. The second-order valence-corrected chi connectivity index (χ2v) is 6.43. The van der Waals surface area contributed by atoms with E-state index in [4.69, 9.17) is 5.73 Å². The van der Waals surface area contributed by atoms with Gasteiger partial charge < -0.3 is 5.73 Å². The van der Waals surface area contributed by atoms with E-state index in [0.717, 1.165) is 30.5 Å². The third kappa shape index (κ3) is 3.23. The van der Waals surface area contributed by atoms with Crippen molar-refractivity contribution in [1.82, 2.24) is 4.90 Å². The van der Waals surface area contributed by atoms with Gasteiger partial charge in [-0.3, -0.25) is 4.90 Å². The Labute approximate surface area is 107 Å². The fourth-order valence-corrected chi connectivity index (χ4v) is 3.86. The Bertz CT molecular complexity index is 229. The van der Waals surface area contributed by atoms with Gasteiger partial charge in [-0.05, 0) is 51.0 Å². The standard InChI is InChI=1S/C15H30N2/c1-12-8-9-13(2)17(11-12)15-7-5-3-4-6-14(15)10-16/h12-15H,3-11,16H2,1-2H3. The number of nitrogens with zero attached hydrogens (tertiary/aromatic N) is 1. The molecule has 1 aliphatic heterocycles. The van der Waals surface area contributed by atoms with E-state index in [2.05, 4.69) is 18.7 Å². The van der Waals surface area contributed by atoms with Crippen LogP contribution in [0.2, 0.25) is 0 Å². The molecule has 0 aromatic heterocycles. The molecular formula is C15H30N2. The van der Waals surface area contributed by atoms with Crippen LogP contribution in [0.5, 0.6) is 0 Å². The second kappa shape index (κ2) is 6.19. The molecule has 2 nitrogen and oxygen atoms in total. The van der Waals surface area contributed by atoms with Crippen molar-refractivity contribution in [2.24, 2.45) is 17.6 Å². The Morgan fingerprint density at radius 3 is 2.53 bits per heavy atom. The lowest BCUT2D eigenvalue weighted by molar-refractivity contribution is 0.0448. The number of likely N-dealkylation sites (tertiary alicyclic amines) is 1. The van der Waals surface area contributed by atoms with Gasteiger partial charge in [0.1, 0.15) is 0 Å². The Morgan fingerprint density at radius 2 is 1.76 bits per heavy atom. The van der Waals surface area contributed by atoms with Gasteiger partial charge in [0.2, 0.25) is 0 Å². The molecule has 0 radical (unpaired) electrons. The maximum atomic E-state index is 6.02. The molecule has 100 valence electrons. The maximum absolute atomic E-state index is 6.02. The Kier molecular flexibility index (Phi) is 4.87. The first-order chi connectivity index (χ1) is 8.22. The molecule has 1 heterocycles. The number of hydrogen-bond acceptors (Lipinski definition) is 2. The summed E-state index contributed by atoms with van der Waals surface area (Å²) in [6, 6.07) is 1.56.